The Labute approximate surface area is 375 Å². The van der Waals surface area contributed by atoms with Gasteiger partial charge in [-0.25, -0.2) is 0 Å². The van der Waals surface area contributed by atoms with Crippen molar-refractivity contribution in [1.82, 2.24) is 47.9 Å². The van der Waals surface area contributed by atoms with Crippen LogP contribution in [-0.4, -0.2) is 132 Å². The van der Waals surface area contributed by atoms with Crippen LogP contribution in [0.4, 0.5) is 0 Å². The number of hydrogen-bond acceptors (Lipinski definition) is 12. The van der Waals surface area contributed by atoms with E-state index in [2.05, 4.69) is 47.9 Å². The number of phenols is 1. The van der Waals surface area contributed by atoms with Crippen molar-refractivity contribution in [3.63, 3.8) is 0 Å². The highest BCUT2D eigenvalue weighted by Gasteiger charge is 2.32. The zero-order valence-corrected chi connectivity index (χ0v) is 36.6. The maximum absolute atomic E-state index is 13.8. The van der Waals surface area contributed by atoms with Gasteiger partial charge in [-0.15, -0.1) is 0 Å². The quantitative estimate of drug-likeness (QED) is 0.0954. The Morgan fingerprint density at radius 1 is 0.585 bits per heavy atom. The Hall–Kier alpha value is -7.10. The molecule has 0 unspecified atom stereocenters. The van der Waals surface area contributed by atoms with E-state index in [9.17, 15) is 58.2 Å². The first kappa shape index (κ1) is 52.2. The highest BCUT2D eigenvalue weighted by atomic mass is 16.4. The van der Waals surface area contributed by atoms with Gasteiger partial charge in [0.15, 0.2) is 0 Å². The van der Waals surface area contributed by atoms with E-state index in [0.717, 1.165) is 0 Å². The fourth-order valence-electron chi connectivity index (χ4n) is 6.52. The molecule has 1 aliphatic heterocycles. The molecule has 1 aliphatic rings. The van der Waals surface area contributed by atoms with Crippen LogP contribution in [0.3, 0.4) is 0 Å². The second-order valence-corrected chi connectivity index (χ2v) is 15.9. The van der Waals surface area contributed by atoms with Gasteiger partial charge in [-0.05, 0) is 68.3 Å². The second kappa shape index (κ2) is 26.5. The number of carboxylic acid groups (broad SMARTS) is 1. The molecule has 0 spiro atoms. The largest absolute Gasteiger partial charge is 0.508 e. The number of amides is 9. The monoisotopic (exact) mass is 908 g/mol. The molecule has 0 bridgehead atoms. The summed E-state index contributed by atoms with van der Waals surface area (Å²) in [6, 6.07) is 6.09. The molecule has 0 saturated carbocycles. The molecule has 2 aromatic carbocycles. The summed E-state index contributed by atoms with van der Waals surface area (Å²) >= 11 is 0. The number of carbonyl (C=O) groups excluding carboxylic acids is 9. The molecule has 0 aromatic heterocycles. The van der Waals surface area contributed by atoms with Crippen molar-refractivity contribution in [1.29, 1.82) is 0 Å². The molecule has 1 fully saturated rings. The summed E-state index contributed by atoms with van der Waals surface area (Å²) in [6.45, 7) is 3.03. The van der Waals surface area contributed by atoms with Gasteiger partial charge >= 0.3 is 5.97 Å². The lowest BCUT2D eigenvalue weighted by molar-refractivity contribution is -0.141. The fourth-order valence-corrected chi connectivity index (χ4v) is 6.52. The highest BCUT2D eigenvalue weighted by molar-refractivity contribution is 5.98. The first-order valence-corrected chi connectivity index (χ1v) is 21.2. The molecule has 354 valence electrons. The average molecular weight is 909 g/mol. The smallest absolute Gasteiger partial charge is 0.305 e. The van der Waals surface area contributed by atoms with Crippen molar-refractivity contribution < 1.29 is 58.2 Å². The maximum atomic E-state index is 13.8. The van der Waals surface area contributed by atoms with Crippen molar-refractivity contribution in [2.75, 3.05) is 26.2 Å². The van der Waals surface area contributed by atoms with Crippen LogP contribution in [0, 0.1) is 5.92 Å². The van der Waals surface area contributed by atoms with Gasteiger partial charge in [-0.3, -0.25) is 47.9 Å². The van der Waals surface area contributed by atoms with Gasteiger partial charge in [0.25, 0.3) is 0 Å². The van der Waals surface area contributed by atoms with Crippen molar-refractivity contribution in [2.24, 2.45) is 11.7 Å². The van der Waals surface area contributed by atoms with Gasteiger partial charge in [-0.1, -0.05) is 56.3 Å². The standard InChI is InChI=1S/C43H60N10O12/c1-24(2)17-30-39(61)47-23-36(57)50-33(20-37(58)59)42(64)48-25(3)38(60)51-29(11-7-8-16-44)41(63)53-31(19-27-12-14-28(54)15-13-27)40(62)46-21-34(55)45-22-35(56)49-32(43(65)52-30)18-26-9-5-4-6-10-26/h4-6,9-10,12-15,24-25,29-33,54H,7-8,11,16-23,44H2,1-3H3,(H,45,55)(H,46,62)(H,47,61)(H,48,64)(H,49,56)(H,50,57)(H,51,60)(H,52,65)(H,53,63)(H,58,59)/t25-,29-,30-,31-,32-,33-/m0/s1. The highest BCUT2D eigenvalue weighted by Crippen LogP contribution is 2.13. The van der Waals surface area contributed by atoms with Crippen molar-refractivity contribution in [3.05, 3.63) is 65.7 Å². The first-order chi connectivity index (χ1) is 30.8. The molecular weight excluding hydrogens is 849 g/mol. The van der Waals surface area contributed by atoms with E-state index in [4.69, 9.17) is 5.73 Å². The Morgan fingerprint density at radius 3 is 1.68 bits per heavy atom. The molecule has 1 saturated heterocycles. The summed E-state index contributed by atoms with van der Waals surface area (Å²) in [5.41, 5.74) is 6.79. The minimum absolute atomic E-state index is 0.0300. The minimum atomic E-state index is -1.73. The third-order valence-corrected chi connectivity index (χ3v) is 9.94. The number of aliphatic carboxylic acids is 1. The van der Waals surface area contributed by atoms with Crippen LogP contribution in [0.2, 0.25) is 0 Å². The molecular formula is C43H60N10O12. The van der Waals surface area contributed by atoms with Gasteiger partial charge in [-0.2, -0.15) is 0 Å². The SMILES string of the molecule is CC(C)C[C@@H]1NC(=O)[C@H](Cc2ccccc2)NC(=O)CNC(=O)CNC(=O)[C@H](Cc2ccc(O)cc2)NC(=O)[C@H](CCCCN)NC(=O)[C@H](C)NC(=O)[C@H](CC(=O)O)NC(=O)CNC1=O. The first-order valence-electron chi connectivity index (χ1n) is 21.2. The van der Waals surface area contributed by atoms with Crippen molar-refractivity contribution in [3.8, 4) is 5.75 Å². The molecule has 65 heavy (non-hydrogen) atoms. The molecule has 3 rings (SSSR count). The molecule has 9 amide bonds. The predicted molar refractivity (Wildman–Crippen MR) is 233 cm³/mol. The van der Waals surface area contributed by atoms with E-state index >= 15 is 0 Å². The number of hydrogen-bond donors (Lipinski definition) is 12. The number of carbonyl (C=O) groups is 10. The molecule has 6 atom stereocenters. The van der Waals surface area contributed by atoms with Crippen LogP contribution in [0.1, 0.15) is 64.0 Å². The molecule has 13 N–H and O–H groups in total. The van der Waals surface area contributed by atoms with Crippen LogP contribution in [0.25, 0.3) is 0 Å². The van der Waals surface area contributed by atoms with E-state index in [-0.39, 0.29) is 43.9 Å². The molecule has 2 aromatic rings. The van der Waals surface area contributed by atoms with E-state index in [1.807, 2.05) is 0 Å². The lowest BCUT2D eigenvalue weighted by Gasteiger charge is -2.25. The lowest BCUT2D eigenvalue weighted by atomic mass is 10.0. The Morgan fingerprint density at radius 2 is 1.08 bits per heavy atom. The number of unbranched alkanes of at least 4 members (excludes halogenated alkanes) is 1. The third kappa shape index (κ3) is 19.0. The number of nitrogens with one attached hydrogen (secondary N) is 9. The number of phenolic OH excluding ortho intramolecular Hbond substituents is 1. The summed E-state index contributed by atoms with van der Waals surface area (Å²) in [5, 5.41) is 41.4. The Bertz CT molecular complexity index is 2000. The summed E-state index contributed by atoms with van der Waals surface area (Å²) < 4.78 is 0. The summed E-state index contributed by atoms with van der Waals surface area (Å²) in [5.74, 6) is -9.51. The number of aromatic hydroxyl groups is 1. The van der Waals surface area contributed by atoms with E-state index in [1.54, 1.807) is 44.2 Å². The summed E-state index contributed by atoms with van der Waals surface area (Å²) in [7, 11) is 0. The van der Waals surface area contributed by atoms with E-state index in [1.165, 1.54) is 31.2 Å². The second-order valence-electron chi connectivity index (χ2n) is 15.9. The number of rotatable bonds is 12. The van der Waals surface area contributed by atoms with Crippen LogP contribution < -0.4 is 53.6 Å². The van der Waals surface area contributed by atoms with Crippen LogP contribution in [0.15, 0.2) is 54.6 Å². The van der Waals surface area contributed by atoms with Crippen molar-refractivity contribution in [2.45, 2.75) is 102 Å². The van der Waals surface area contributed by atoms with Gasteiger partial charge in [0, 0.05) is 12.8 Å². The number of nitrogens with two attached hydrogens (primary N) is 1. The molecule has 0 aliphatic carbocycles. The fraction of sp³-hybridized carbons (Fsp3) is 0.488. The average Bonchev–Trinajstić information content (AvgIpc) is 3.25. The Balaban J connectivity index is 1.98. The molecule has 22 heteroatoms. The maximum Gasteiger partial charge on any atom is 0.305 e. The van der Waals surface area contributed by atoms with E-state index < -0.39 is 121 Å². The zero-order chi connectivity index (χ0) is 48.1. The third-order valence-electron chi connectivity index (χ3n) is 9.94. The van der Waals surface area contributed by atoms with Crippen LogP contribution in [0.5, 0.6) is 5.75 Å². The topological polar surface area (TPSA) is 345 Å². The molecule has 0 radical (unpaired) electrons. The minimum Gasteiger partial charge on any atom is -0.508 e. The predicted octanol–water partition coefficient (Wildman–Crippen LogP) is -2.88. The Kier molecular flexibility index (Phi) is 21.3. The lowest BCUT2D eigenvalue weighted by Crippen LogP contribution is -2.58. The van der Waals surface area contributed by atoms with Crippen molar-refractivity contribution >= 4 is 59.1 Å². The molecule has 22 nitrogen and oxygen atoms in total. The normalized spacial score (nSPS) is 22.9. The zero-order valence-electron chi connectivity index (χ0n) is 36.6. The van der Waals surface area contributed by atoms with Gasteiger partial charge in [0.2, 0.25) is 53.2 Å². The number of carboxylic acids is 1. The summed E-state index contributed by atoms with van der Waals surface area (Å²) in [4.78, 5) is 132. The van der Waals surface area contributed by atoms with Gasteiger partial charge in [0.05, 0.1) is 26.1 Å². The van der Waals surface area contributed by atoms with E-state index in [0.29, 0.717) is 24.0 Å². The summed E-state index contributed by atoms with van der Waals surface area (Å²) in [6.07, 6.45) is -0.183. The van der Waals surface area contributed by atoms with Crippen LogP contribution in [-0.2, 0) is 60.8 Å². The van der Waals surface area contributed by atoms with Gasteiger partial charge in [0.1, 0.15) is 42.0 Å². The molecule has 1 heterocycles. The number of benzene rings is 2. The van der Waals surface area contributed by atoms with Gasteiger partial charge < -0.3 is 63.8 Å². The van der Waals surface area contributed by atoms with Crippen LogP contribution >= 0.6 is 0 Å².